The summed E-state index contributed by atoms with van der Waals surface area (Å²) >= 11 is 0. The third-order valence-electron chi connectivity index (χ3n) is 10.7. The van der Waals surface area contributed by atoms with Gasteiger partial charge in [-0.15, -0.1) is 0 Å². The third-order valence-corrected chi connectivity index (χ3v) is 12.4. The number of pyridine rings is 1. The van der Waals surface area contributed by atoms with Gasteiger partial charge in [-0.1, -0.05) is 0 Å². The molecular weight excluding hydrogens is 722 g/mol. The van der Waals surface area contributed by atoms with Crippen LogP contribution in [-0.4, -0.2) is 125 Å². The quantitative estimate of drug-likeness (QED) is 0.321. The van der Waals surface area contributed by atoms with Crippen molar-refractivity contribution in [1.29, 1.82) is 5.26 Å². The minimum atomic E-state index is -4.96. The third kappa shape index (κ3) is 6.36. The summed E-state index contributed by atoms with van der Waals surface area (Å²) in [5.41, 5.74) is -2.26. The Bertz CT molecular complexity index is 2080. The van der Waals surface area contributed by atoms with E-state index in [0.29, 0.717) is 29.5 Å². The molecule has 54 heavy (non-hydrogen) atoms. The molecule has 0 bridgehead atoms. The molecule has 5 heterocycles. The second-order valence-corrected chi connectivity index (χ2v) is 15.3. The molecule has 3 fully saturated rings. The molecular formula is C37H42FN7O8S. The van der Waals surface area contributed by atoms with Crippen LogP contribution in [0.1, 0.15) is 36.5 Å². The van der Waals surface area contributed by atoms with Crippen molar-refractivity contribution < 1.29 is 41.3 Å². The maximum Gasteiger partial charge on any atom is 0.318 e. The van der Waals surface area contributed by atoms with Gasteiger partial charge in [0, 0.05) is 75.2 Å². The first-order valence-corrected chi connectivity index (χ1v) is 19.3. The van der Waals surface area contributed by atoms with E-state index < -0.39 is 38.2 Å². The Balaban J connectivity index is 1.24. The smallest absolute Gasteiger partial charge is 0.318 e. The van der Waals surface area contributed by atoms with E-state index in [9.17, 15) is 18.5 Å². The molecule has 3 aromatic rings. The standard InChI is InChI=1S/C37H42FN7O8S/c1-4-53-34-27(6-5-11-40-34)37(41-36(47)44-22-26(23-44)42-12-9-25(10-13-42)43-14-16-52-17-15-43)28-18-24(21-39)7-8-30(28)45(35(37)46)54(48,49)33-19-29(38)31(50-2)20-32(33)51-3/h5-8,11,18-20,25-26H,4,9-10,12-17,22-23H2,1-3H3,(H,41,47). The summed E-state index contributed by atoms with van der Waals surface area (Å²) in [6.45, 7) is 7.79. The van der Waals surface area contributed by atoms with Crippen LogP contribution in [0, 0.1) is 17.1 Å². The van der Waals surface area contributed by atoms with Crippen molar-refractivity contribution in [2.24, 2.45) is 0 Å². The molecule has 0 radical (unpaired) electrons. The highest BCUT2D eigenvalue weighted by Crippen LogP contribution is 2.50. The van der Waals surface area contributed by atoms with Crippen LogP contribution in [0.15, 0.2) is 53.6 Å². The van der Waals surface area contributed by atoms with Crippen LogP contribution in [0.25, 0.3) is 0 Å². The topological polar surface area (TPSA) is 167 Å². The van der Waals surface area contributed by atoms with Crippen LogP contribution in [0.4, 0.5) is 14.9 Å². The van der Waals surface area contributed by atoms with E-state index in [1.165, 1.54) is 50.7 Å². The van der Waals surface area contributed by atoms with E-state index in [1.807, 2.05) is 6.07 Å². The molecule has 4 aliphatic rings. The fraction of sp³-hybridized carbons (Fsp3) is 0.459. The largest absolute Gasteiger partial charge is 0.495 e. The lowest BCUT2D eigenvalue weighted by molar-refractivity contribution is -0.121. The van der Waals surface area contributed by atoms with Gasteiger partial charge in [-0.25, -0.2) is 22.6 Å². The van der Waals surface area contributed by atoms with Gasteiger partial charge in [0.15, 0.2) is 17.1 Å². The number of ether oxygens (including phenoxy) is 4. The molecule has 0 aliphatic carbocycles. The summed E-state index contributed by atoms with van der Waals surface area (Å²) in [7, 11) is -2.54. The summed E-state index contributed by atoms with van der Waals surface area (Å²) < 4.78 is 66.6. The number of nitrogens with one attached hydrogen (secondary N) is 1. The van der Waals surface area contributed by atoms with Gasteiger partial charge >= 0.3 is 6.03 Å². The Labute approximate surface area is 313 Å². The number of urea groups is 1. The molecule has 0 saturated carbocycles. The Hall–Kier alpha value is -5.02. The summed E-state index contributed by atoms with van der Waals surface area (Å²) in [5.74, 6) is -2.71. The number of nitrogens with zero attached hydrogens (tertiary/aromatic N) is 6. The molecule has 0 spiro atoms. The van der Waals surface area contributed by atoms with Gasteiger partial charge in [0.1, 0.15) is 10.6 Å². The Morgan fingerprint density at radius 1 is 1.02 bits per heavy atom. The number of methoxy groups -OCH3 is 2. The molecule has 17 heteroatoms. The van der Waals surface area contributed by atoms with Gasteiger partial charge in [0.25, 0.3) is 15.9 Å². The number of amides is 3. The molecule has 4 aliphatic heterocycles. The second kappa shape index (κ2) is 15.0. The molecule has 1 unspecified atom stereocenters. The lowest BCUT2D eigenvalue weighted by Crippen LogP contribution is -2.67. The summed E-state index contributed by atoms with van der Waals surface area (Å²) in [6.07, 6.45) is 3.48. The molecule has 15 nitrogen and oxygen atoms in total. The zero-order valence-electron chi connectivity index (χ0n) is 30.3. The number of morpholine rings is 1. The Morgan fingerprint density at radius 2 is 1.72 bits per heavy atom. The van der Waals surface area contributed by atoms with Crippen LogP contribution in [0.5, 0.6) is 17.4 Å². The van der Waals surface area contributed by atoms with E-state index >= 15 is 9.18 Å². The van der Waals surface area contributed by atoms with E-state index in [-0.39, 0.29) is 52.4 Å². The van der Waals surface area contributed by atoms with Gasteiger partial charge < -0.3 is 29.2 Å². The number of fused-ring (bicyclic) bond motifs is 1. The number of anilines is 1. The highest BCUT2D eigenvalue weighted by molar-refractivity contribution is 7.93. The number of sulfonamides is 1. The fourth-order valence-electron chi connectivity index (χ4n) is 7.86. The molecule has 3 saturated heterocycles. The van der Waals surface area contributed by atoms with Crippen molar-refractivity contribution in [1.82, 2.24) is 25.0 Å². The minimum absolute atomic E-state index is 0.00682. The van der Waals surface area contributed by atoms with Gasteiger partial charge in [-0.3, -0.25) is 14.6 Å². The van der Waals surface area contributed by atoms with Crippen molar-refractivity contribution in [2.45, 2.75) is 42.3 Å². The highest BCUT2D eigenvalue weighted by atomic mass is 32.2. The predicted molar refractivity (Wildman–Crippen MR) is 192 cm³/mol. The number of nitriles is 1. The second-order valence-electron chi connectivity index (χ2n) is 13.5. The van der Waals surface area contributed by atoms with Crippen LogP contribution in [0.2, 0.25) is 0 Å². The number of halogens is 1. The monoisotopic (exact) mass is 763 g/mol. The van der Waals surface area contributed by atoms with Crippen molar-refractivity contribution >= 4 is 27.6 Å². The van der Waals surface area contributed by atoms with Gasteiger partial charge in [0.2, 0.25) is 5.88 Å². The summed E-state index contributed by atoms with van der Waals surface area (Å²) in [4.78, 5) is 39.6. The lowest BCUT2D eigenvalue weighted by Gasteiger charge is -2.49. The number of likely N-dealkylation sites (tertiary alicyclic amines) is 2. The lowest BCUT2D eigenvalue weighted by atomic mass is 9.83. The zero-order chi connectivity index (χ0) is 38.2. The van der Waals surface area contributed by atoms with E-state index in [4.69, 9.17) is 18.9 Å². The molecule has 2 aromatic carbocycles. The van der Waals surface area contributed by atoms with E-state index in [0.717, 1.165) is 58.3 Å². The highest BCUT2D eigenvalue weighted by Gasteiger charge is 2.60. The average molecular weight is 764 g/mol. The van der Waals surface area contributed by atoms with E-state index in [1.54, 1.807) is 11.8 Å². The number of carbonyl (C=O) groups excluding carboxylic acids is 2. The van der Waals surface area contributed by atoms with Crippen LogP contribution in [-0.2, 0) is 25.1 Å². The van der Waals surface area contributed by atoms with Gasteiger partial charge in [-0.05, 0) is 50.1 Å². The first-order valence-electron chi connectivity index (χ1n) is 17.8. The number of rotatable bonds is 10. The fourth-order valence-corrected chi connectivity index (χ4v) is 9.48. The molecule has 1 aromatic heterocycles. The predicted octanol–water partition coefficient (Wildman–Crippen LogP) is 2.68. The van der Waals surface area contributed by atoms with Crippen molar-refractivity contribution in [3.63, 3.8) is 0 Å². The van der Waals surface area contributed by atoms with Gasteiger partial charge in [0.05, 0.1) is 56.9 Å². The van der Waals surface area contributed by atoms with Crippen LogP contribution < -0.4 is 23.8 Å². The Morgan fingerprint density at radius 3 is 2.39 bits per heavy atom. The maximum absolute atomic E-state index is 15.2. The Kier molecular flexibility index (Phi) is 10.4. The molecule has 286 valence electrons. The number of hydrogen-bond acceptors (Lipinski definition) is 12. The SMILES string of the molecule is CCOc1ncccc1C1(NC(=O)N2CC(N3CCC(N4CCOCC4)CC3)C2)C(=O)N(S(=O)(=O)c2cc(F)c(OC)cc2OC)c2ccc(C#N)cc21. The van der Waals surface area contributed by atoms with Crippen LogP contribution in [0.3, 0.4) is 0 Å². The first-order chi connectivity index (χ1) is 26.1. The van der Waals surface area contributed by atoms with Crippen molar-refractivity contribution in [3.8, 4) is 23.4 Å². The maximum atomic E-state index is 15.2. The van der Waals surface area contributed by atoms with Crippen molar-refractivity contribution in [3.05, 3.63) is 71.2 Å². The van der Waals surface area contributed by atoms with Crippen LogP contribution >= 0.6 is 0 Å². The number of benzene rings is 2. The van der Waals surface area contributed by atoms with Crippen molar-refractivity contribution in [2.75, 3.05) is 77.6 Å². The molecule has 1 atom stereocenters. The number of carbonyl (C=O) groups is 2. The number of aromatic nitrogens is 1. The number of hydrogen-bond donors (Lipinski definition) is 1. The zero-order valence-corrected chi connectivity index (χ0v) is 31.1. The normalized spacial score (nSPS) is 21.3. The minimum Gasteiger partial charge on any atom is -0.495 e. The average Bonchev–Trinajstić information content (AvgIpc) is 3.42. The molecule has 3 amide bonds. The summed E-state index contributed by atoms with van der Waals surface area (Å²) in [6, 6.07) is 10.9. The molecule has 1 N–H and O–H groups in total. The first kappa shape index (κ1) is 37.3. The number of piperidine rings is 1. The summed E-state index contributed by atoms with van der Waals surface area (Å²) in [5, 5.41) is 12.8. The van der Waals surface area contributed by atoms with Gasteiger partial charge in [-0.2, -0.15) is 9.57 Å². The van der Waals surface area contributed by atoms with E-state index in [2.05, 4.69) is 20.1 Å². The molecule has 7 rings (SSSR count).